The van der Waals surface area contributed by atoms with Crippen molar-refractivity contribution in [2.75, 3.05) is 18.9 Å². The second-order valence-electron chi connectivity index (χ2n) is 4.64. The minimum atomic E-state index is -0.0582. The van der Waals surface area contributed by atoms with Gasteiger partial charge in [-0.1, -0.05) is 15.9 Å². The van der Waals surface area contributed by atoms with Gasteiger partial charge < -0.3 is 15.7 Å². The van der Waals surface area contributed by atoms with Crippen molar-refractivity contribution in [3.63, 3.8) is 0 Å². The molecule has 2 rings (SSSR count). The Morgan fingerprint density at radius 2 is 2.33 bits per heavy atom. The third-order valence-corrected chi connectivity index (χ3v) is 3.95. The van der Waals surface area contributed by atoms with E-state index in [2.05, 4.69) is 15.9 Å². The Hall–Kier alpha value is -1.07. The third kappa shape index (κ3) is 2.37. The molecule has 0 aliphatic carbocycles. The predicted molar refractivity (Wildman–Crippen MR) is 74.4 cm³/mol. The number of likely N-dealkylation sites (tertiary alicyclic amines) is 1. The first-order chi connectivity index (χ1) is 8.54. The molecule has 1 atom stereocenters. The van der Waals surface area contributed by atoms with Crippen LogP contribution in [0.3, 0.4) is 0 Å². The Balaban J connectivity index is 2.34. The summed E-state index contributed by atoms with van der Waals surface area (Å²) in [6, 6.07) is 3.53. The van der Waals surface area contributed by atoms with Crippen molar-refractivity contribution in [3.05, 3.63) is 27.7 Å². The first kappa shape index (κ1) is 13.4. The SMILES string of the molecule is Cc1c(N)cc(Br)cc1C(=O)N1CCCC1CO. The van der Waals surface area contributed by atoms with Crippen LogP contribution in [0.15, 0.2) is 16.6 Å². The van der Waals surface area contributed by atoms with E-state index in [-0.39, 0.29) is 18.6 Å². The zero-order chi connectivity index (χ0) is 13.3. The van der Waals surface area contributed by atoms with Crippen LogP contribution in [0, 0.1) is 6.92 Å². The maximum atomic E-state index is 12.5. The lowest BCUT2D eigenvalue weighted by Crippen LogP contribution is -2.38. The van der Waals surface area contributed by atoms with Gasteiger partial charge in [-0.25, -0.2) is 0 Å². The van der Waals surface area contributed by atoms with E-state index in [0.29, 0.717) is 17.8 Å². The number of hydrogen-bond donors (Lipinski definition) is 2. The molecule has 0 spiro atoms. The van der Waals surface area contributed by atoms with Gasteiger partial charge >= 0.3 is 0 Å². The van der Waals surface area contributed by atoms with E-state index in [4.69, 9.17) is 5.73 Å². The summed E-state index contributed by atoms with van der Waals surface area (Å²) in [5, 5.41) is 9.28. The van der Waals surface area contributed by atoms with Gasteiger partial charge in [0.05, 0.1) is 12.6 Å². The van der Waals surface area contributed by atoms with Gasteiger partial charge in [0.2, 0.25) is 0 Å². The van der Waals surface area contributed by atoms with E-state index in [1.807, 2.05) is 6.92 Å². The van der Waals surface area contributed by atoms with Gasteiger partial charge in [-0.2, -0.15) is 0 Å². The summed E-state index contributed by atoms with van der Waals surface area (Å²) in [5.74, 6) is -0.0444. The maximum absolute atomic E-state index is 12.5. The van der Waals surface area contributed by atoms with Crippen LogP contribution >= 0.6 is 15.9 Å². The predicted octanol–water partition coefficient (Wildman–Crippen LogP) is 1.94. The molecule has 1 heterocycles. The highest BCUT2D eigenvalue weighted by Crippen LogP contribution is 2.26. The standard InChI is InChI=1S/C13H17BrN2O2/c1-8-11(5-9(14)6-12(8)15)13(18)16-4-2-3-10(16)7-17/h5-6,10,17H,2-4,7,15H2,1H3. The molecule has 0 aromatic heterocycles. The molecule has 4 nitrogen and oxygen atoms in total. The van der Waals surface area contributed by atoms with Crippen LogP contribution in [-0.4, -0.2) is 35.1 Å². The molecule has 98 valence electrons. The lowest BCUT2D eigenvalue weighted by Gasteiger charge is -2.24. The number of anilines is 1. The number of aliphatic hydroxyl groups excluding tert-OH is 1. The third-order valence-electron chi connectivity index (χ3n) is 3.49. The average molecular weight is 313 g/mol. The Morgan fingerprint density at radius 1 is 1.61 bits per heavy atom. The molecular weight excluding hydrogens is 296 g/mol. The van der Waals surface area contributed by atoms with Crippen LogP contribution in [0.4, 0.5) is 5.69 Å². The first-order valence-electron chi connectivity index (χ1n) is 6.02. The van der Waals surface area contributed by atoms with E-state index in [9.17, 15) is 9.90 Å². The van der Waals surface area contributed by atoms with E-state index < -0.39 is 0 Å². The van der Waals surface area contributed by atoms with Crippen LogP contribution in [0.25, 0.3) is 0 Å². The molecule has 5 heteroatoms. The number of carbonyl (C=O) groups is 1. The lowest BCUT2D eigenvalue weighted by molar-refractivity contribution is 0.0677. The van der Waals surface area contributed by atoms with Crippen molar-refractivity contribution in [1.29, 1.82) is 0 Å². The van der Waals surface area contributed by atoms with Gasteiger partial charge in [-0.3, -0.25) is 4.79 Å². The Bertz CT molecular complexity index is 476. The summed E-state index contributed by atoms with van der Waals surface area (Å²) in [5.41, 5.74) is 7.89. The highest BCUT2D eigenvalue weighted by molar-refractivity contribution is 9.10. The summed E-state index contributed by atoms with van der Waals surface area (Å²) < 4.78 is 0.800. The van der Waals surface area contributed by atoms with E-state index in [1.165, 1.54) is 0 Å². The number of hydrogen-bond acceptors (Lipinski definition) is 3. The van der Waals surface area contributed by atoms with Crippen LogP contribution < -0.4 is 5.73 Å². The zero-order valence-corrected chi connectivity index (χ0v) is 11.9. The van der Waals surface area contributed by atoms with Gasteiger partial charge in [0.25, 0.3) is 5.91 Å². The van der Waals surface area contributed by atoms with Crippen molar-refractivity contribution >= 4 is 27.5 Å². The molecule has 1 aliphatic heterocycles. The van der Waals surface area contributed by atoms with Gasteiger partial charge in [0.15, 0.2) is 0 Å². The van der Waals surface area contributed by atoms with Crippen LogP contribution in [0.5, 0.6) is 0 Å². The summed E-state index contributed by atoms with van der Waals surface area (Å²) >= 11 is 3.36. The molecular formula is C13H17BrN2O2. The first-order valence-corrected chi connectivity index (χ1v) is 6.81. The van der Waals surface area contributed by atoms with Crippen LogP contribution in [0.2, 0.25) is 0 Å². The van der Waals surface area contributed by atoms with Crippen molar-refractivity contribution < 1.29 is 9.90 Å². The fourth-order valence-electron chi connectivity index (χ4n) is 2.37. The average Bonchev–Trinajstić information content (AvgIpc) is 2.81. The van der Waals surface area contributed by atoms with Gasteiger partial charge in [-0.05, 0) is 37.5 Å². The minimum Gasteiger partial charge on any atom is -0.398 e. The Kier molecular flexibility index (Phi) is 3.92. The normalized spacial score (nSPS) is 19.3. The largest absolute Gasteiger partial charge is 0.398 e. The number of aliphatic hydroxyl groups is 1. The van der Waals surface area contributed by atoms with Crippen molar-refractivity contribution in [1.82, 2.24) is 4.90 Å². The molecule has 1 aromatic carbocycles. The van der Waals surface area contributed by atoms with E-state index in [1.54, 1.807) is 17.0 Å². The van der Waals surface area contributed by atoms with Crippen molar-refractivity contribution in [2.45, 2.75) is 25.8 Å². The second-order valence-corrected chi connectivity index (χ2v) is 5.56. The number of nitrogens with two attached hydrogens (primary N) is 1. The number of nitrogen functional groups attached to an aromatic ring is 1. The number of halogens is 1. The molecule has 0 radical (unpaired) electrons. The topological polar surface area (TPSA) is 66.6 Å². The molecule has 1 aliphatic rings. The number of rotatable bonds is 2. The molecule has 3 N–H and O–H groups in total. The number of nitrogens with zero attached hydrogens (tertiary/aromatic N) is 1. The Labute approximate surface area is 115 Å². The molecule has 1 aromatic rings. The Morgan fingerprint density at radius 3 is 3.00 bits per heavy atom. The molecule has 1 saturated heterocycles. The second kappa shape index (κ2) is 5.28. The van der Waals surface area contributed by atoms with Crippen molar-refractivity contribution in [3.8, 4) is 0 Å². The lowest BCUT2D eigenvalue weighted by atomic mass is 10.1. The summed E-state index contributed by atoms with van der Waals surface area (Å²) in [6.45, 7) is 2.57. The summed E-state index contributed by atoms with van der Waals surface area (Å²) in [6.07, 6.45) is 1.81. The smallest absolute Gasteiger partial charge is 0.254 e. The fraction of sp³-hybridized carbons (Fsp3) is 0.462. The van der Waals surface area contributed by atoms with E-state index in [0.717, 1.165) is 22.9 Å². The molecule has 18 heavy (non-hydrogen) atoms. The number of benzene rings is 1. The van der Waals surface area contributed by atoms with Gasteiger partial charge in [0, 0.05) is 22.3 Å². The fourth-order valence-corrected chi connectivity index (χ4v) is 2.85. The van der Waals surface area contributed by atoms with Gasteiger partial charge in [0.1, 0.15) is 0 Å². The molecule has 1 fully saturated rings. The quantitative estimate of drug-likeness (QED) is 0.820. The van der Waals surface area contributed by atoms with Gasteiger partial charge in [-0.15, -0.1) is 0 Å². The van der Waals surface area contributed by atoms with E-state index >= 15 is 0 Å². The minimum absolute atomic E-state index is 0.0221. The maximum Gasteiger partial charge on any atom is 0.254 e. The number of amides is 1. The summed E-state index contributed by atoms with van der Waals surface area (Å²) in [7, 11) is 0. The molecule has 0 bridgehead atoms. The van der Waals surface area contributed by atoms with Crippen LogP contribution in [0.1, 0.15) is 28.8 Å². The molecule has 0 saturated carbocycles. The number of carbonyl (C=O) groups excluding carboxylic acids is 1. The summed E-state index contributed by atoms with van der Waals surface area (Å²) in [4.78, 5) is 14.2. The highest BCUT2D eigenvalue weighted by Gasteiger charge is 2.29. The highest BCUT2D eigenvalue weighted by atomic mass is 79.9. The molecule has 1 amide bonds. The zero-order valence-electron chi connectivity index (χ0n) is 10.3. The monoisotopic (exact) mass is 312 g/mol. The molecule has 1 unspecified atom stereocenters. The van der Waals surface area contributed by atoms with Crippen LogP contribution in [-0.2, 0) is 0 Å². The van der Waals surface area contributed by atoms with Crippen molar-refractivity contribution in [2.24, 2.45) is 0 Å².